The molecule has 3 aromatic carbocycles. The lowest BCUT2D eigenvalue weighted by atomic mass is 9.97. The van der Waals surface area contributed by atoms with Crippen LogP contribution < -0.4 is 0 Å². The number of pyridine rings is 1. The van der Waals surface area contributed by atoms with Gasteiger partial charge >= 0.3 is 0 Å². The summed E-state index contributed by atoms with van der Waals surface area (Å²) >= 11 is 0. The van der Waals surface area contributed by atoms with Gasteiger partial charge in [-0.2, -0.15) is 0 Å². The zero-order valence-corrected chi connectivity index (χ0v) is 25.6. The zero-order valence-electron chi connectivity index (χ0n) is 25.6. The molecule has 1 aliphatic heterocycles. The van der Waals surface area contributed by atoms with Crippen molar-refractivity contribution in [1.29, 1.82) is 0 Å². The second-order valence-electron chi connectivity index (χ2n) is 11.4. The Labute approximate surface area is 263 Å². The Balaban J connectivity index is 1.35. The first kappa shape index (κ1) is 29.8. The van der Waals surface area contributed by atoms with E-state index >= 15 is 0 Å². The van der Waals surface area contributed by atoms with E-state index in [0.29, 0.717) is 36.9 Å². The van der Waals surface area contributed by atoms with Gasteiger partial charge in [-0.05, 0) is 53.8 Å². The van der Waals surface area contributed by atoms with E-state index < -0.39 is 6.04 Å². The summed E-state index contributed by atoms with van der Waals surface area (Å²) in [4.78, 5) is 41.1. The van der Waals surface area contributed by atoms with Crippen LogP contribution in [0.3, 0.4) is 0 Å². The largest absolute Gasteiger partial charge is 0.446 e. The molecular formula is C38H36N4O3. The van der Waals surface area contributed by atoms with Crippen LogP contribution in [0, 0.1) is 13.8 Å². The van der Waals surface area contributed by atoms with Crippen LogP contribution in [0.5, 0.6) is 0 Å². The normalized spacial score (nSPS) is 13.4. The quantitative estimate of drug-likeness (QED) is 0.179. The molecule has 2 amide bonds. The maximum Gasteiger partial charge on any atom is 0.247 e. The van der Waals surface area contributed by atoms with Crippen molar-refractivity contribution in [2.45, 2.75) is 45.8 Å². The number of benzene rings is 3. The van der Waals surface area contributed by atoms with Crippen molar-refractivity contribution in [2.75, 3.05) is 6.54 Å². The lowest BCUT2D eigenvalue weighted by Crippen LogP contribution is -2.52. The average Bonchev–Trinajstić information content (AvgIpc) is 3.41. The Morgan fingerprint density at radius 3 is 2.33 bits per heavy atom. The highest BCUT2D eigenvalue weighted by Gasteiger charge is 2.34. The number of hydrogen-bond donors (Lipinski definition) is 0. The molecule has 1 aliphatic rings. The Morgan fingerprint density at radius 1 is 0.889 bits per heavy atom. The molecule has 0 aliphatic carbocycles. The minimum absolute atomic E-state index is 0.0614. The summed E-state index contributed by atoms with van der Waals surface area (Å²) in [6.45, 7) is 4.99. The van der Waals surface area contributed by atoms with Gasteiger partial charge in [-0.15, -0.1) is 0 Å². The van der Waals surface area contributed by atoms with E-state index in [0.717, 1.165) is 34.4 Å². The molecule has 0 saturated carbocycles. The third-order valence-electron chi connectivity index (χ3n) is 8.25. The third kappa shape index (κ3) is 7.10. The smallest absolute Gasteiger partial charge is 0.247 e. The van der Waals surface area contributed by atoms with Gasteiger partial charge in [-0.1, -0.05) is 84.9 Å². The molecule has 0 bridgehead atoms. The number of carbonyl (C=O) groups is 2. The summed E-state index contributed by atoms with van der Waals surface area (Å²) in [5.41, 5.74) is 6.78. The van der Waals surface area contributed by atoms with Crippen LogP contribution >= 0.6 is 0 Å². The first-order valence-corrected chi connectivity index (χ1v) is 15.3. The molecular weight excluding hydrogens is 560 g/mol. The van der Waals surface area contributed by atoms with Gasteiger partial charge < -0.3 is 14.2 Å². The first-order valence-electron chi connectivity index (χ1n) is 15.3. The SMILES string of the molecule is Cc1nc(C=CC(=O)N(Cc2ccc(-c3ccccn3)cc2)[C@@H](Cc2ccccc2)C(=O)N2CCc3ccccc3C2)c(C)o1. The lowest BCUT2D eigenvalue weighted by molar-refractivity contribution is -0.144. The number of amides is 2. The van der Waals surface area contributed by atoms with E-state index in [9.17, 15) is 9.59 Å². The predicted octanol–water partition coefficient (Wildman–Crippen LogP) is 6.59. The second-order valence-corrected chi connectivity index (χ2v) is 11.4. The number of rotatable bonds is 9. The minimum Gasteiger partial charge on any atom is -0.446 e. The van der Waals surface area contributed by atoms with Crippen LogP contribution in [-0.2, 0) is 35.5 Å². The predicted molar refractivity (Wildman–Crippen MR) is 175 cm³/mol. The summed E-state index contributed by atoms with van der Waals surface area (Å²) in [5.74, 6) is 0.841. The minimum atomic E-state index is -0.717. The number of aryl methyl sites for hydroxylation is 2. The van der Waals surface area contributed by atoms with Gasteiger partial charge in [0.15, 0.2) is 5.89 Å². The lowest BCUT2D eigenvalue weighted by Gasteiger charge is -2.37. The molecule has 5 aromatic rings. The fraction of sp³-hybridized carbons (Fsp3) is 0.211. The molecule has 7 nitrogen and oxygen atoms in total. The summed E-state index contributed by atoms with van der Waals surface area (Å²) in [6.07, 6.45) is 6.13. The van der Waals surface area contributed by atoms with Gasteiger partial charge in [0.2, 0.25) is 11.8 Å². The van der Waals surface area contributed by atoms with Gasteiger partial charge in [0.25, 0.3) is 0 Å². The standard InChI is InChI=1S/C38H36N4O3/c1-27-34(40-28(2)45-27)19-20-37(43)42(25-30-15-17-32(18-16-30)35-14-8-9-22-39-35)36(24-29-10-4-3-5-11-29)38(44)41-23-21-31-12-6-7-13-33(31)26-41/h3-20,22,36H,21,23-26H2,1-2H3/t36-/m0/s1. The molecule has 0 radical (unpaired) electrons. The van der Waals surface area contributed by atoms with Gasteiger partial charge in [-0.25, -0.2) is 4.98 Å². The molecule has 3 heterocycles. The second kappa shape index (κ2) is 13.6. The fourth-order valence-corrected chi connectivity index (χ4v) is 5.86. The molecule has 7 heteroatoms. The van der Waals surface area contributed by atoms with Crippen LogP contribution in [-0.4, -0.2) is 44.2 Å². The van der Waals surface area contributed by atoms with Crippen LogP contribution in [0.2, 0.25) is 0 Å². The van der Waals surface area contributed by atoms with Crippen molar-refractivity contribution in [3.05, 3.63) is 149 Å². The van der Waals surface area contributed by atoms with E-state index in [-0.39, 0.29) is 18.4 Å². The molecule has 226 valence electrons. The van der Waals surface area contributed by atoms with Crippen LogP contribution in [0.15, 0.2) is 114 Å². The monoisotopic (exact) mass is 596 g/mol. The Kier molecular flexibility index (Phi) is 8.96. The van der Waals surface area contributed by atoms with Crippen molar-refractivity contribution in [1.82, 2.24) is 19.8 Å². The van der Waals surface area contributed by atoms with Gasteiger partial charge in [0.05, 0.1) is 5.69 Å². The summed E-state index contributed by atoms with van der Waals surface area (Å²) < 4.78 is 5.57. The fourth-order valence-electron chi connectivity index (χ4n) is 5.86. The Morgan fingerprint density at radius 2 is 1.62 bits per heavy atom. The van der Waals surface area contributed by atoms with E-state index in [4.69, 9.17) is 4.42 Å². The topological polar surface area (TPSA) is 79.5 Å². The molecule has 0 unspecified atom stereocenters. The number of carbonyl (C=O) groups excluding carboxylic acids is 2. The Bertz CT molecular complexity index is 1800. The molecule has 0 N–H and O–H groups in total. The van der Waals surface area contributed by atoms with Crippen molar-refractivity contribution in [2.24, 2.45) is 0 Å². The molecule has 0 fully saturated rings. The van der Waals surface area contributed by atoms with Crippen molar-refractivity contribution >= 4 is 17.9 Å². The third-order valence-corrected chi connectivity index (χ3v) is 8.25. The average molecular weight is 597 g/mol. The van der Waals surface area contributed by atoms with E-state index in [1.807, 2.05) is 96.8 Å². The highest BCUT2D eigenvalue weighted by Crippen LogP contribution is 2.24. The number of nitrogens with zero attached hydrogens (tertiary/aromatic N) is 4. The van der Waals surface area contributed by atoms with Gasteiger partial charge in [-0.3, -0.25) is 14.6 Å². The maximum atomic E-state index is 14.5. The zero-order chi connectivity index (χ0) is 31.2. The maximum absolute atomic E-state index is 14.5. The molecule has 0 saturated heterocycles. The summed E-state index contributed by atoms with van der Waals surface area (Å²) in [6, 6.07) is 31.3. The molecule has 2 aromatic heterocycles. The van der Waals surface area contributed by atoms with Crippen molar-refractivity contribution in [3.8, 4) is 11.3 Å². The first-order chi connectivity index (χ1) is 21.9. The number of oxazole rings is 1. The van der Waals surface area contributed by atoms with E-state index in [1.165, 1.54) is 11.6 Å². The summed E-state index contributed by atoms with van der Waals surface area (Å²) in [5, 5.41) is 0. The molecule has 0 spiro atoms. The van der Waals surface area contributed by atoms with E-state index in [2.05, 4.69) is 22.1 Å². The highest BCUT2D eigenvalue weighted by atomic mass is 16.4. The number of fused-ring (bicyclic) bond motifs is 1. The number of hydrogen-bond acceptors (Lipinski definition) is 5. The van der Waals surface area contributed by atoms with Gasteiger partial charge in [0, 0.05) is 50.8 Å². The highest BCUT2D eigenvalue weighted by molar-refractivity contribution is 5.95. The van der Waals surface area contributed by atoms with Crippen molar-refractivity contribution < 1.29 is 14.0 Å². The number of aromatic nitrogens is 2. The molecule has 45 heavy (non-hydrogen) atoms. The molecule has 6 rings (SSSR count). The van der Waals surface area contributed by atoms with Crippen LogP contribution in [0.1, 0.15) is 39.6 Å². The van der Waals surface area contributed by atoms with Crippen LogP contribution in [0.25, 0.3) is 17.3 Å². The van der Waals surface area contributed by atoms with Crippen LogP contribution in [0.4, 0.5) is 0 Å². The van der Waals surface area contributed by atoms with Gasteiger partial charge in [0.1, 0.15) is 17.5 Å². The van der Waals surface area contributed by atoms with Crippen molar-refractivity contribution in [3.63, 3.8) is 0 Å². The summed E-state index contributed by atoms with van der Waals surface area (Å²) in [7, 11) is 0. The Hall–Kier alpha value is -5.30. The molecule has 1 atom stereocenters. The van der Waals surface area contributed by atoms with E-state index in [1.54, 1.807) is 24.1 Å².